The van der Waals surface area contributed by atoms with E-state index in [2.05, 4.69) is 6.92 Å². The molecule has 1 atom stereocenters. The largest absolute Gasteiger partial charge is 0.491 e. The smallest absolute Gasteiger partial charge is 0.344 e. The first-order chi connectivity index (χ1) is 9.06. The molecule has 0 saturated carbocycles. The summed E-state index contributed by atoms with van der Waals surface area (Å²) in [6, 6.07) is 5.11. The summed E-state index contributed by atoms with van der Waals surface area (Å²) >= 11 is 0. The summed E-state index contributed by atoms with van der Waals surface area (Å²) in [5.41, 5.74) is 6.24. The van der Waals surface area contributed by atoms with Crippen molar-refractivity contribution in [1.29, 1.82) is 0 Å². The van der Waals surface area contributed by atoms with Crippen molar-refractivity contribution in [3.05, 3.63) is 18.2 Å². The zero-order valence-corrected chi connectivity index (χ0v) is 11.4. The number of carbonyl (C=O) groups is 1. The van der Waals surface area contributed by atoms with E-state index >= 15 is 0 Å². The predicted molar refractivity (Wildman–Crippen MR) is 73.6 cm³/mol. The molecular weight excluding hydrogens is 246 g/mol. The molecule has 0 aliphatic heterocycles. The van der Waals surface area contributed by atoms with Crippen LogP contribution in [0.25, 0.3) is 0 Å². The monoisotopic (exact) mass is 267 g/mol. The molecule has 1 rings (SSSR count). The molecule has 1 aromatic carbocycles. The Bertz CT molecular complexity index is 420. The fraction of sp³-hybridized carbons (Fsp3) is 0.500. The van der Waals surface area contributed by atoms with E-state index in [0.717, 1.165) is 19.3 Å². The zero-order chi connectivity index (χ0) is 14.3. The highest BCUT2D eigenvalue weighted by molar-refractivity contribution is 5.73. The topological polar surface area (TPSA) is 81.8 Å². The standard InChI is InChI=1S/C14H21NO4/c1-3-4-5-9-18-11-7-6-8-12(13(11)15)19-10(2)14(16)17/h6-8,10H,3-5,9,15H2,1-2H3,(H,16,17). The van der Waals surface area contributed by atoms with E-state index < -0.39 is 12.1 Å². The number of hydrogen-bond acceptors (Lipinski definition) is 4. The Kier molecular flexibility index (Phi) is 5.99. The summed E-state index contributed by atoms with van der Waals surface area (Å²) in [6.45, 7) is 4.17. The molecule has 0 aliphatic carbocycles. The highest BCUT2D eigenvalue weighted by Gasteiger charge is 2.15. The molecule has 0 saturated heterocycles. The van der Waals surface area contributed by atoms with Gasteiger partial charge >= 0.3 is 5.97 Å². The second kappa shape index (κ2) is 7.51. The number of benzene rings is 1. The number of rotatable bonds is 8. The first-order valence-corrected chi connectivity index (χ1v) is 6.47. The van der Waals surface area contributed by atoms with Crippen molar-refractivity contribution in [3.63, 3.8) is 0 Å². The lowest BCUT2D eigenvalue weighted by Gasteiger charge is -2.15. The van der Waals surface area contributed by atoms with Crippen molar-refractivity contribution < 1.29 is 19.4 Å². The first-order valence-electron chi connectivity index (χ1n) is 6.47. The van der Waals surface area contributed by atoms with Gasteiger partial charge in [0.25, 0.3) is 0 Å². The Morgan fingerprint density at radius 3 is 2.68 bits per heavy atom. The van der Waals surface area contributed by atoms with Crippen molar-refractivity contribution >= 4 is 11.7 Å². The SMILES string of the molecule is CCCCCOc1cccc(OC(C)C(=O)O)c1N. The average Bonchev–Trinajstić information content (AvgIpc) is 2.38. The minimum absolute atomic E-state index is 0.336. The second-order valence-electron chi connectivity index (χ2n) is 4.32. The van der Waals surface area contributed by atoms with E-state index in [4.69, 9.17) is 20.3 Å². The predicted octanol–water partition coefficient (Wildman–Crippen LogP) is 2.69. The zero-order valence-electron chi connectivity index (χ0n) is 11.4. The van der Waals surface area contributed by atoms with Gasteiger partial charge in [0.2, 0.25) is 0 Å². The van der Waals surface area contributed by atoms with Crippen LogP contribution in [-0.4, -0.2) is 23.8 Å². The number of anilines is 1. The van der Waals surface area contributed by atoms with Crippen LogP contribution in [0.5, 0.6) is 11.5 Å². The summed E-state index contributed by atoms with van der Waals surface area (Å²) in [5.74, 6) is -0.164. The Labute approximate surface area is 113 Å². The van der Waals surface area contributed by atoms with Crippen molar-refractivity contribution in [2.24, 2.45) is 0 Å². The van der Waals surface area contributed by atoms with E-state index in [1.165, 1.54) is 6.92 Å². The molecule has 0 fully saturated rings. The molecule has 0 heterocycles. The number of hydrogen-bond donors (Lipinski definition) is 2. The molecule has 0 bridgehead atoms. The number of carboxylic acids is 1. The van der Waals surface area contributed by atoms with Crippen LogP contribution in [0, 0.1) is 0 Å². The Morgan fingerprint density at radius 1 is 1.37 bits per heavy atom. The third-order valence-electron chi connectivity index (χ3n) is 2.68. The van der Waals surface area contributed by atoms with E-state index in [9.17, 15) is 4.79 Å². The number of carboxylic acid groups (broad SMARTS) is 1. The van der Waals surface area contributed by atoms with Crippen molar-refractivity contribution in [2.75, 3.05) is 12.3 Å². The van der Waals surface area contributed by atoms with Gasteiger partial charge < -0.3 is 20.3 Å². The van der Waals surface area contributed by atoms with Gasteiger partial charge in [0.1, 0.15) is 17.2 Å². The maximum atomic E-state index is 10.7. The van der Waals surface area contributed by atoms with Crippen LogP contribution in [0.3, 0.4) is 0 Å². The lowest BCUT2D eigenvalue weighted by atomic mass is 10.2. The summed E-state index contributed by atoms with van der Waals surface area (Å²) < 4.78 is 10.8. The minimum atomic E-state index is -1.03. The van der Waals surface area contributed by atoms with Crippen LogP contribution in [0.1, 0.15) is 33.1 Å². The van der Waals surface area contributed by atoms with Gasteiger partial charge in [-0.2, -0.15) is 0 Å². The van der Waals surface area contributed by atoms with Crippen LogP contribution in [0.4, 0.5) is 5.69 Å². The molecule has 0 spiro atoms. The Morgan fingerprint density at radius 2 is 2.05 bits per heavy atom. The molecule has 0 radical (unpaired) electrons. The number of ether oxygens (including phenoxy) is 2. The maximum Gasteiger partial charge on any atom is 0.344 e. The van der Waals surface area contributed by atoms with Crippen molar-refractivity contribution in [1.82, 2.24) is 0 Å². The fourth-order valence-electron chi connectivity index (χ4n) is 1.53. The van der Waals surface area contributed by atoms with Gasteiger partial charge in [-0.05, 0) is 25.5 Å². The van der Waals surface area contributed by atoms with E-state index in [1.807, 2.05) is 0 Å². The van der Waals surface area contributed by atoms with Crippen LogP contribution in [0.15, 0.2) is 18.2 Å². The summed E-state index contributed by atoms with van der Waals surface area (Å²) in [7, 11) is 0. The van der Waals surface area contributed by atoms with Gasteiger partial charge in [0.05, 0.1) is 6.61 Å². The van der Waals surface area contributed by atoms with Crippen LogP contribution >= 0.6 is 0 Å². The lowest BCUT2D eigenvalue weighted by molar-refractivity contribution is -0.144. The quantitative estimate of drug-likeness (QED) is 0.559. The molecule has 1 aromatic rings. The number of unbranched alkanes of at least 4 members (excludes halogenated alkanes) is 2. The highest BCUT2D eigenvalue weighted by Crippen LogP contribution is 2.32. The fourth-order valence-corrected chi connectivity index (χ4v) is 1.53. The summed E-state index contributed by atoms with van der Waals surface area (Å²) in [6.07, 6.45) is 2.24. The van der Waals surface area contributed by atoms with Gasteiger partial charge in [-0.15, -0.1) is 0 Å². The molecule has 106 valence electrons. The molecule has 0 aromatic heterocycles. The van der Waals surface area contributed by atoms with E-state index in [0.29, 0.717) is 23.8 Å². The van der Waals surface area contributed by atoms with Gasteiger partial charge in [-0.25, -0.2) is 4.79 Å². The Balaban J connectivity index is 2.66. The van der Waals surface area contributed by atoms with E-state index in [1.54, 1.807) is 18.2 Å². The number of aliphatic carboxylic acids is 1. The number of nitrogens with two attached hydrogens (primary N) is 1. The second-order valence-corrected chi connectivity index (χ2v) is 4.32. The maximum absolute atomic E-state index is 10.7. The average molecular weight is 267 g/mol. The molecule has 0 aliphatic rings. The number of para-hydroxylation sites is 1. The molecule has 19 heavy (non-hydrogen) atoms. The van der Waals surface area contributed by atoms with Crippen LogP contribution < -0.4 is 15.2 Å². The molecular formula is C14H21NO4. The number of nitrogen functional groups attached to an aromatic ring is 1. The third kappa shape index (κ3) is 4.69. The van der Waals surface area contributed by atoms with Crippen molar-refractivity contribution in [2.45, 2.75) is 39.2 Å². The molecule has 5 nitrogen and oxygen atoms in total. The molecule has 0 amide bonds. The Hall–Kier alpha value is -1.91. The van der Waals surface area contributed by atoms with Gasteiger partial charge in [0, 0.05) is 0 Å². The third-order valence-corrected chi connectivity index (χ3v) is 2.68. The first kappa shape index (κ1) is 15.1. The minimum Gasteiger partial charge on any atom is -0.491 e. The summed E-state index contributed by atoms with van der Waals surface area (Å²) in [4.78, 5) is 10.7. The van der Waals surface area contributed by atoms with Crippen LogP contribution in [0.2, 0.25) is 0 Å². The lowest BCUT2D eigenvalue weighted by Crippen LogP contribution is -2.23. The van der Waals surface area contributed by atoms with Crippen LogP contribution in [-0.2, 0) is 4.79 Å². The molecule has 5 heteroatoms. The molecule has 1 unspecified atom stereocenters. The molecule has 3 N–H and O–H groups in total. The highest BCUT2D eigenvalue weighted by atomic mass is 16.5. The normalized spacial score (nSPS) is 11.9. The van der Waals surface area contributed by atoms with Gasteiger partial charge in [-0.3, -0.25) is 0 Å². The summed E-state index contributed by atoms with van der Waals surface area (Å²) in [5, 5.41) is 8.81. The van der Waals surface area contributed by atoms with Gasteiger partial charge in [0.15, 0.2) is 6.10 Å². The van der Waals surface area contributed by atoms with Crippen molar-refractivity contribution in [3.8, 4) is 11.5 Å². The van der Waals surface area contributed by atoms with E-state index in [-0.39, 0.29) is 0 Å². The van der Waals surface area contributed by atoms with Gasteiger partial charge in [-0.1, -0.05) is 25.8 Å².